The van der Waals surface area contributed by atoms with Crippen LogP contribution < -0.4 is 4.74 Å². The van der Waals surface area contributed by atoms with Crippen LogP contribution in [0.4, 0.5) is 4.39 Å². The number of hydrogen-bond donors (Lipinski definition) is 0. The van der Waals surface area contributed by atoms with Gasteiger partial charge in [0.15, 0.2) is 11.6 Å². The van der Waals surface area contributed by atoms with Crippen LogP contribution in [0.2, 0.25) is 0 Å². The van der Waals surface area contributed by atoms with Crippen LogP contribution in [-0.4, -0.2) is 47.4 Å². The Bertz CT molecular complexity index is 1150. The first-order valence-electron chi connectivity index (χ1n) is 12.0. The molecule has 0 radical (unpaired) electrons. The van der Waals surface area contributed by atoms with E-state index in [9.17, 15) is 14.0 Å². The molecule has 0 unspecified atom stereocenters. The third-order valence-corrected chi connectivity index (χ3v) is 7.59. The van der Waals surface area contributed by atoms with E-state index < -0.39 is 5.82 Å². The maximum Gasteiger partial charge on any atom is 0.242 e. The summed E-state index contributed by atoms with van der Waals surface area (Å²) in [4.78, 5) is 31.5. The van der Waals surface area contributed by atoms with E-state index >= 15 is 0 Å². The number of ether oxygens (including phenoxy) is 1. The van der Waals surface area contributed by atoms with Crippen LogP contribution in [0.25, 0.3) is 0 Å². The molecule has 7 heteroatoms. The van der Waals surface area contributed by atoms with Crippen LogP contribution in [0.5, 0.6) is 5.75 Å². The average molecular weight is 495 g/mol. The molecule has 5 nitrogen and oxygen atoms in total. The molecule has 1 aliphatic heterocycles. The van der Waals surface area contributed by atoms with Crippen molar-refractivity contribution in [3.8, 4) is 5.75 Å². The molecular weight excluding hydrogens is 463 g/mol. The predicted molar refractivity (Wildman–Crippen MR) is 136 cm³/mol. The molecule has 184 valence electrons. The van der Waals surface area contributed by atoms with Crippen LogP contribution in [0.15, 0.2) is 66.0 Å². The highest BCUT2D eigenvalue weighted by Gasteiger charge is 2.34. The summed E-state index contributed by atoms with van der Waals surface area (Å²) in [6.45, 7) is 4.69. The van der Waals surface area contributed by atoms with E-state index in [4.69, 9.17) is 4.74 Å². The second kappa shape index (κ2) is 11.5. The highest BCUT2D eigenvalue weighted by Crippen LogP contribution is 2.34. The first-order valence-corrected chi connectivity index (χ1v) is 12.9. The highest BCUT2D eigenvalue weighted by molar-refractivity contribution is 7.10. The lowest BCUT2D eigenvalue weighted by Crippen LogP contribution is -2.50. The molecule has 1 aromatic heterocycles. The Morgan fingerprint density at radius 3 is 2.63 bits per heavy atom. The third kappa shape index (κ3) is 5.90. The van der Waals surface area contributed by atoms with Gasteiger partial charge in [0.25, 0.3) is 0 Å². The van der Waals surface area contributed by atoms with Gasteiger partial charge in [0.2, 0.25) is 11.8 Å². The second-order valence-electron chi connectivity index (χ2n) is 8.83. The number of carbonyl (C=O) groups is 2. The lowest BCUT2D eigenvalue weighted by Gasteiger charge is -2.38. The molecule has 0 saturated carbocycles. The Hall–Kier alpha value is -3.19. The van der Waals surface area contributed by atoms with Gasteiger partial charge in [-0.1, -0.05) is 49.4 Å². The van der Waals surface area contributed by atoms with Gasteiger partial charge in [-0.3, -0.25) is 9.59 Å². The molecule has 1 aliphatic rings. The number of para-hydroxylation sites is 1. The maximum atomic E-state index is 14.2. The first kappa shape index (κ1) is 24.9. The summed E-state index contributed by atoms with van der Waals surface area (Å²) in [5.74, 6) is -0.445. The van der Waals surface area contributed by atoms with Crippen molar-refractivity contribution in [1.29, 1.82) is 0 Å². The van der Waals surface area contributed by atoms with Gasteiger partial charge >= 0.3 is 0 Å². The topological polar surface area (TPSA) is 49.9 Å². The van der Waals surface area contributed by atoms with Crippen molar-refractivity contribution >= 4 is 23.2 Å². The number of benzene rings is 2. The van der Waals surface area contributed by atoms with Gasteiger partial charge in [-0.25, -0.2) is 4.39 Å². The summed E-state index contributed by atoms with van der Waals surface area (Å²) in [6, 6.07) is 17.5. The number of fused-ring (bicyclic) bond motifs is 1. The lowest BCUT2D eigenvalue weighted by molar-refractivity contribution is -0.144. The molecule has 2 atom stereocenters. The molecule has 4 rings (SSSR count). The fraction of sp³-hybridized carbons (Fsp3) is 0.357. The zero-order valence-corrected chi connectivity index (χ0v) is 21.0. The predicted octanol–water partition coefficient (Wildman–Crippen LogP) is 5.26. The van der Waals surface area contributed by atoms with E-state index in [1.165, 1.54) is 10.9 Å². The molecule has 0 saturated heterocycles. The van der Waals surface area contributed by atoms with Crippen molar-refractivity contribution in [2.45, 2.75) is 45.2 Å². The Morgan fingerprint density at radius 1 is 1.14 bits per heavy atom. The normalized spacial score (nSPS) is 15.9. The van der Waals surface area contributed by atoms with Crippen molar-refractivity contribution < 1.29 is 18.7 Å². The molecule has 2 amide bonds. The summed E-state index contributed by atoms with van der Waals surface area (Å²) >= 11 is 1.66. The van der Waals surface area contributed by atoms with E-state index in [0.717, 1.165) is 24.0 Å². The molecule has 2 aromatic carbocycles. The van der Waals surface area contributed by atoms with E-state index in [0.29, 0.717) is 6.54 Å². The zero-order valence-electron chi connectivity index (χ0n) is 20.2. The number of rotatable bonds is 9. The molecule has 2 heterocycles. The SMILES string of the molecule is CC[C@@H](C)N(CC(=O)N1CCc2sccc2[C@@H]1COc1ccccc1F)C(=O)Cc1ccccc1. The molecule has 0 bridgehead atoms. The summed E-state index contributed by atoms with van der Waals surface area (Å²) in [5.41, 5.74) is 1.96. The fourth-order valence-electron chi connectivity index (χ4n) is 4.42. The van der Waals surface area contributed by atoms with Crippen molar-refractivity contribution in [3.05, 3.63) is 87.9 Å². The number of halogens is 1. The quantitative estimate of drug-likeness (QED) is 0.408. The smallest absolute Gasteiger partial charge is 0.242 e. The molecule has 0 N–H and O–H groups in total. The van der Waals surface area contributed by atoms with Crippen molar-refractivity contribution in [2.24, 2.45) is 0 Å². The summed E-state index contributed by atoms with van der Waals surface area (Å²) in [7, 11) is 0. The minimum absolute atomic E-state index is 0.0103. The van der Waals surface area contributed by atoms with Gasteiger partial charge in [0.1, 0.15) is 13.2 Å². The number of nitrogens with zero attached hydrogens (tertiary/aromatic N) is 2. The van der Waals surface area contributed by atoms with Crippen LogP contribution >= 0.6 is 11.3 Å². The minimum atomic E-state index is -0.429. The number of hydrogen-bond acceptors (Lipinski definition) is 4. The maximum absolute atomic E-state index is 14.2. The standard InChI is InChI=1S/C28H31FN2O3S/c1-3-20(2)31(27(32)17-21-9-5-4-6-10-21)18-28(33)30-15-13-26-22(14-16-35-26)24(30)19-34-25-12-8-7-11-23(25)29/h4-12,14,16,20,24H,3,13,15,17-19H2,1-2H3/t20-,24+/m1/s1. The average Bonchev–Trinajstić information content (AvgIpc) is 3.36. The van der Waals surface area contributed by atoms with Gasteiger partial charge in [-0.15, -0.1) is 11.3 Å². The highest BCUT2D eigenvalue weighted by atomic mass is 32.1. The Labute approximate surface area is 210 Å². The Balaban J connectivity index is 1.51. The first-order chi connectivity index (χ1) is 17.0. The Kier molecular flexibility index (Phi) is 8.18. The van der Waals surface area contributed by atoms with Crippen molar-refractivity contribution in [1.82, 2.24) is 9.80 Å². The lowest BCUT2D eigenvalue weighted by atomic mass is 10.00. The fourth-order valence-corrected chi connectivity index (χ4v) is 5.35. The minimum Gasteiger partial charge on any atom is -0.488 e. The van der Waals surface area contributed by atoms with E-state index in [1.807, 2.05) is 55.6 Å². The van der Waals surface area contributed by atoms with Crippen LogP contribution in [0.3, 0.4) is 0 Å². The summed E-state index contributed by atoms with van der Waals surface area (Å²) in [6.07, 6.45) is 1.77. The van der Waals surface area contributed by atoms with Crippen molar-refractivity contribution in [3.63, 3.8) is 0 Å². The van der Waals surface area contributed by atoms with Crippen molar-refractivity contribution in [2.75, 3.05) is 19.7 Å². The number of carbonyl (C=O) groups excluding carboxylic acids is 2. The molecule has 0 spiro atoms. The molecular formula is C28H31FN2O3S. The second-order valence-corrected chi connectivity index (χ2v) is 9.84. The number of amides is 2. The molecule has 3 aromatic rings. The molecule has 0 fully saturated rings. The van der Waals surface area contributed by atoms with Gasteiger partial charge < -0.3 is 14.5 Å². The molecule has 0 aliphatic carbocycles. The van der Waals surface area contributed by atoms with Gasteiger partial charge in [-0.05, 0) is 54.5 Å². The molecule has 35 heavy (non-hydrogen) atoms. The van der Waals surface area contributed by atoms with Crippen LogP contribution in [0.1, 0.15) is 42.3 Å². The van der Waals surface area contributed by atoms with E-state index in [1.54, 1.807) is 39.3 Å². The summed E-state index contributed by atoms with van der Waals surface area (Å²) in [5, 5.41) is 2.02. The Morgan fingerprint density at radius 2 is 1.89 bits per heavy atom. The van der Waals surface area contributed by atoms with Gasteiger partial charge in [-0.2, -0.15) is 0 Å². The van der Waals surface area contributed by atoms with Crippen LogP contribution in [0, 0.1) is 5.82 Å². The van der Waals surface area contributed by atoms with E-state index in [-0.39, 0.29) is 49.2 Å². The van der Waals surface area contributed by atoms with Gasteiger partial charge in [0, 0.05) is 17.5 Å². The summed E-state index contributed by atoms with van der Waals surface area (Å²) < 4.78 is 20.0. The van der Waals surface area contributed by atoms with E-state index in [2.05, 4.69) is 0 Å². The van der Waals surface area contributed by atoms with Crippen LogP contribution in [-0.2, 0) is 22.4 Å². The zero-order chi connectivity index (χ0) is 24.8. The third-order valence-electron chi connectivity index (χ3n) is 6.60. The monoisotopic (exact) mass is 494 g/mol. The largest absolute Gasteiger partial charge is 0.488 e. The van der Waals surface area contributed by atoms with Gasteiger partial charge in [0.05, 0.1) is 12.5 Å². The number of thiophene rings is 1.